The fourth-order valence-corrected chi connectivity index (χ4v) is 2.78. The standard InChI is InChI=1S/C14H18BrNO/c1-3-10(6-7-17)13-8-11-4-5-12(15)9-14(11)16(13)2/h4-5,8-10,17H,3,6-7H2,1-2H3. The summed E-state index contributed by atoms with van der Waals surface area (Å²) in [5, 5.41) is 10.4. The molecule has 0 amide bonds. The van der Waals surface area contributed by atoms with Gasteiger partial charge in [0.15, 0.2) is 0 Å². The van der Waals surface area contributed by atoms with E-state index in [2.05, 4.69) is 58.7 Å². The van der Waals surface area contributed by atoms with Crippen molar-refractivity contribution in [2.24, 2.45) is 7.05 Å². The normalized spacial score (nSPS) is 13.2. The van der Waals surface area contributed by atoms with Crippen molar-refractivity contribution in [3.8, 4) is 0 Å². The third-order valence-electron chi connectivity index (χ3n) is 3.43. The van der Waals surface area contributed by atoms with Crippen LogP contribution in [0.5, 0.6) is 0 Å². The van der Waals surface area contributed by atoms with Crippen LogP contribution in [0.1, 0.15) is 31.4 Å². The lowest BCUT2D eigenvalue weighted by Crippen LogP contribution is -2.05. The second-order valence-corrected chi connectivity index (χ2v) is 5.36. The van der Waals surface area contributed by atoms with Crippen molar-refractivity contribution in [1.82, 2.24) is 4.57 Å². The Bertz CT molecular complexity index is 518. The van der Waals surface area contributed by atoms with Gasteiger partial charge in [-0.15, -0.1) is 0 Å². The Labute approximate surface area is 110 Å². The van der Waals surface area contributed by atoms with Crippen LogP contribution in [0.25, 0.3) is 10.9 Å². The monoisotopic (exact) mass is 295 g/mol. The lowest BCUT2D eigenvalue weighted by molar-refractivity contribution is 0.272. The van der Waals surface area contributed by atoms with E-state index in [1.807, 2.05) is 0 Å². The van der Waals surface area contributed by atoms with E-state index in [1.54, 1.807) is 0 Å². The molecule has 0 aliphatic heterocycles. The van der Waals surface area contributed by atoms with E-state index in [-0.39, 0.29) is 6.61 Å². The third kappa shape index (κ3) is 2.40. The molecule has 1 aromatic carbocycles. The summed E-state index contributed by atoms with van der Waals surface area (Å²) in [6.07, 6.45) is 1.90. The number of halogens is 1. The van der Waals surface area contributed by atoms with Gasteiger partial charge in [0.25, 0.3) is 0 Å². The molecular weight excluding hydrogens is 278 g/mol. The SMILES string of the molecule is CCC(CCO)c1cc2ccc(Br)cc2n1C. The van der Waals surface area contributed by atoms with E-state index in [0.717, 1.165) is 17.3 Å². The molecule has 92 valence electrons. The Morgan fingerprint density at radius 1 is 1.35 bits per heavy atom. The van der Waals surface area contributed by atoms with Gasteiger partial charge in [-0.2, -0.15) is 0 Å². The molecule has 0 radical (unpaired) electrons. The van der Waals surface area contributed by atoms with E-state index < -0.39 is 0 Å². The minimum Gasteiger partial charge on any atom is -0.396 e. The molecule has 1 atom stereocenters. The van der Waals surface area contributed by atoms with Crippen LogP contribution in [-0.2, 0) is 7.05 Å². The van der Waals surface area contributed by atoms with Gasteiger partial charge in [0.1, 0.15) is 0 Å². The lowest BCUT2D eigenvalue weighted by Gasteiger charge is -2.14. The van der Waals surface area contributed by atoms with Crippen LogP contribution in [0.2, 0.25) is 0 Å². The molecule has 0 fully saturated rings. The Kier molecular flexibility index (Phi) is 3.89. The number of hydrogen-bond donors (Lipinski definition) is 1. The first-order valence-corrected chi connectivity index (χ1v) is 6.82. The predicted molar refractivity (Wildman–Crippen MR) is 75.4 cm³/mol. The summed E-state index contributed by atoms with van der Waals surface area (Å²) in [6, 6.07) is 8.59. The van der Waals surface area contributed by atoms with Gasteiger partial charge in [-0.1, -0.05) is 28.9 Å². The number of fused-ring (bicyclic) bond motifs is 1. The van der Waals surface area contributed by atoms with E-state index in [9.17, 15) is 0 Å². The summed E-state index contributed by atoms with van der Waals surface area (Å²) < 4.78 is 3.34. The molecule has 2 nitrogen and oxygen atoms in total. The highest BCUT2D eigenvalue weighted by Crippen LogP contribution is 2.30. The molecule has 0 saturated heterocycles. The number of hydrogen-bond acceptors (Lipinski definition) is 1. The first-order chi connectivity index (χ1) is 8.17. The molecule has 0 saturated carbocycles. The number of aromatic nitrogens is 1. The van der Waals surface area contributed by atoms with E-state index in [1.165, 1.54) is 16.6 Å². The summed E-state index contributed by atoms with van der Waals surface area (Å²) in [4.78, 5) is 0. The first kappa shape index (κ1) is 12.7. The molecule has 1 aromatic heterocycles. The fourth-order valence-electron chi connectivity index (χ4n) is 2.43. The third-order valence-corrected chi connectivity index (χ3v) is 3.93. The molecule has 1 unspecified atom stereocenters. The predicted octanol–water partition coefficient (Wildman–Crippen LogP) is 3.82. The van der Waals surface area contributed by atoms with Crippen LogP contribution in [0.3, 0.4) is 0 Å². The first-order valence-electron chi connectivity index (χ1n) is 6.03. The highest BCUT2D eigenvalue weighted by Gasteiger charge is 2.14. The van der Waals surface area contributed by atoms with Crippen molar-refractivity contribution in [1.29, 1.82) is 0 Å². The van der Waals surface area contributed by atoms with Crippen molar-refractivity contribution in [3.05, 3.63) is 34.4 Å². The van der Waals surface area contributed by atoms with Gasteiger partial charge in [-0.05, 0) is 36.4 Å². The van der Waals surface area contributed by atoms with Crippen molar-refractivity contribution in [2.75, 3.05) is 6.61 Å². The summed E-state index contributed by atoms with van der Waals surface area (Å²) in [7, 11) is 2.10. The summed E-state index contributed by atoms with van der Waals surface area (Å²) in [5.74, 6) is 0.441. The molecule has 17 heavy (non-hydrogen) atoms. The van der Waals surface area contributed by atoms with E-state index >= 15 is 0 Å². The Hall–Kier alpha value is -0.800. The van der Waals surface area contributed by atoms with Gasteiger partial charge in [-0.3, -0.25) is 0 Å². The summed E-state index contributed by atoms with van der Waals surface area (Å²) in [6.45, 7) is 2.43. The average Bonchev–Trinajstić information content (AvgIpc) is 2.64. The van der Waals surface area contributed by atoms with Crippen molar-refractivity contribution in [3.63, 3.8) is 0 Å². The van der Waals surface area contributed by atoms with E-state index in [0.29, 0.717) is 5.92 Å². The van der Waals surface area contributed by atoms with Crippen molar-refractivity contribution < 1.29 is 5.11 Å². The van der Waals surface area contributed by atoms with Gasteiger partial charge >= 0.3 is 0 Å². The Balaban J connectivity index is 2.51. The van der Waals surface area contributed by atoms with Gasteiger partial charge in [0.05, 0.1) is 0 Å². The van der Waals surface area contributed by atoms with Gasteiger partial charge in [0.2, 0.25) is 0 Å². The molecule has 2 aromatic rings. The maximum Gasteiger partial charge on any atom is 0.0491 e. The van der Waals surface area contributed by atoms with Crippen LogP contribution < -0.4 is 0 Å². The van der Waals surface area contributed by atoms with Crippen LogP contribution in [0.4, 0.5) is 0 Å². The van der Waals surface area contributed by atoms with Gasteiger partial charge in [-0.25, -0.2) is 0 Å². The van der Waals surface area contributed by atoms with Crippen molar-refractivity contribution in [2.45, 2.75) is 25.7 Å². The van der Waals surface area contributed by atoms with Crippen molar-refractivity contribution >= 4 is 26.8 Å². The fraction of sp³-hybridized carbons (Fsp3) is 0.429. The highest BCUT2D eigenvalue weighted by molar-refractivity contribution is 9.10. The Morgan fingerprint density at radius 2 is 2.12 bits per heavy atom. The molecule has 0 bridgehead atoms. The molecule has 3 heteroatoms. The van der Waals surface area contributed by atoms with Crippen LogP contribution in [-0.4, -0.2) is 16.3 Å². The zero-order valence-electron chi connectivity index (χ0n) is 10.3. The minimum absolute atomic E-state index is 0.254. The number of rotatable bonds is 4. The topological polar surface area (TPSA) is 25.2 Å². The zero-order chi connectivity index (χ0) is 12.4. The maximum atomic E-state index is 9.12. The van der Waals surface area contributed by atoms with E-state index in [4.69, 9.17) is 5.11 Å². The molecule has 0 spiro atoms. The van der Waals surface area contributed by atoms with Crippen LogP contribution in [0.15, 0.2) is 28.7 Å². The summed E-state index contributed by atoms with van der Waals surface area (Å²) in [5.41, 5.74) is 2.56. The second-order valence-electron chi connectivity index (χ2n) is 4.45. The smallest absolute Gasteiger partial charge is 0.0491 e. The number of aliphatic hydroxyl groups is 1. The number of aliphatic hydroxyl groups excluding tert-OH is 1. The number of aryl methyl sites for hydroxylation is 1. The molecule has 0 aliphatic carbocycles. The van der Waals surface area contributed by atoms with Gasteiger partial charge < -0.3 is 9.67 Å². The maximum absolute atomic E-state index is 9.12. The zero-order valence-corrected chi connectivity index (χ0v) is 11.9. The number of benzene rings is 1. The minimum atomic E-state index is 0.254. The highest BCUT2D eigenvalue weighted by atomic mass is 79.9. The summed E-state index contributed by atoms with van der Waals surface area (Å²) >= 11 is 3.51. The Morgan fingerprint density at radius 3 is 2.76 bits per heavy atom. The molecule has 1 heterocycles. The van der Waals surface area contributed by atoms with Crippen LogP contribution >= 0.6 is 15.9 Å². The second kappa shape index (κ2) is 5.23. The van der Waals surface area contributed by atoms with Crippen LogP contribution in [0, 0.1) is 0 Å². The quantitative estimate of drug-likeness (QED) is 0.911. The lowest BCUT2D eigenvalue weighted by atomic mass is 9.99. The van der Waals surface area contributed by atoms with Gasteiger partial charge in [0, 0.05) is 35.3 Å². The molecule has 0 aliphatic rings. The molecule has 2 rings (SSSR count). The largest absolute Gasteiger partial charge is 0.396 e. The molecular formula is C14H18BrNO. The average molecular weight is 296 g/mol. The number of nitrogens with zero attached hydrogens (tertiary/aromatic N) is 1. The molecule has 1 N–H and O–H groups in total.